The molecule has 4 rings (SSSR count). The van der Waals surface area contributed by atoms with E-state index >= 15 is 0 Å². The van der Waals surface area contributed by atoms with E-state index in [9.17, 15) is 9.90 Å². The standard InChI is InChI=1S/C24H22N2O3/c1-13(2)22-18-11-17(20(27)12-19(18)26-24(22)28)15-9-7-14(8-10-15)16-5-4-6-21(29-3)23(16)25/h4-12,27H,25H2,1-3H3,(H,26,28). The van der Waals surface area contributed by atoms with Crippen LogP contribution in [-0.2, 0) is 4.79 Å². The summed E-state index contributed by atoms with van der Waals surface area (Å²) in [5.41, 5.74) is 13.2. The van der Waals surface area contributed by atoms with E-state index in [0.717, 1.165) is 27.8 Å². The van der Waals surface area contributed by atoms with Gasteiger partial charge >= 0.3 is 0 Å². The lowest BCUT2D eigenvalue weighted by Crippen LogP contribution is -2.04. The van der Waals surface area contributed by atoms with Gasteiger partial charge in [0.05, 0.1) is 18.5 Å². The first-order valence-electron chi connectivity index (χ1n) is 9.30. The number of hydrogen-bond acceptors (Lipinski definition) is 4. The first-order chi connectivity index (χ1) is 13.9. The highest BCUT2D eigenvalue weighted by Gasteiger charge is 2.27. The van der Waals surface area contributed by atoms with E-state index < -0.39 is 0 Å². The van der Waals surface area contributed by atoms with Gasteiger partial charge in [-0.3, -0.25) is 4.79 Å². The molecule has 5 heteroatoms. The lowest BCUT2D eigenvalue weighted by atomic mass is 9.95. The molecule has 1 aliphatic rings. The van der Waals surface area contributed by atoms with E-state index in [4.69, 9.17) is 10.5 Å². The van der Waals surface area contributed by atoms with Gasteiger partial charge in [0.1, 0.15) is 11.5 Å². The number of nitrogens with two attached hydrogens (primary N) is 1. The van der Waals surface area contributed by atoms with Gasteiger partial charge < -0.3 is 20.9 Å². The van der Waals surface area contributed by atoms with Gasteiger partial charge in [-0.2, -0.15) is 0 Å². The summed E-state index contributed by atoms with van der Waals surface area (Å²) in [6, 6.07) is 16.9. The van der Waals surface area contributed by atoms with Crippen LogP contribution in [-0.4, -0.2) is 18.1 Å². The Balaban J connectivity index is 1.77. The van der Waals surface area contributed by atoms with Gasteiger partial charge in [-0.1, -0.05) is 42.0 Å². The molecule has 3 aromatic rings. The van der Waals surface area contributed by atoms with Gasteiger partial charge in [0.15, 0.2) is 0 Å². The zero-order valence-electron chi connectivity index (χ0n) is 16.5. The fourth-order valence-electron chi connectivity index (χ4n) is 3.74. The summed E-state index contributed by atoms with van der Waals surface area (Å²) in [6.45, 7) is 3.81. The molecule has 0 aliphatic carbocycles. The third kappa shape index (κ3) is 3.10. The highest BCUT2D eigenvalue weighted by Crippen LogP contribution is 2.42. The number of fused-ring (bicyclic) bond motifs is 1. The smallest absolute Gasteiger partial charge is 0.256 e. The van der Waals surface area contributed by atoms with Crippen molar-refractivity contribution in [3.05, 3.63) is 65.7 Å². The zero-order chi connectivity index (χ0) is 20.7. The van der Waals surface area contributed by atoms with Crippen molar-refractivity contribution in [3.8, 4) is 33.8 Å². The number of methoxy groups -OCH3 is 1. The second-order valence-corrected chi connectivity index (χ2v) is 7.24. The highest BCUT2D eigenvalue weighted by atomic mass is 16.5. The summed E-state index contributed by atoms with van der Waals surface area (Å²) < 4.78 is 5.30. The minimum atomic E-state index is -0.139. The zero-order valence-corrected chi connectivity index (χ0v) is 16.5. The lowest BCUT2D eigenvalue weighted by Gasteiger charge is -2.12. The largest absolute Gasteiger partial charge is 0.507 e. The molecule has 1 amide bonds. The molecule has 0 unspecified atom stereocenters. The molecule has 3 aromatic carbocycles. The number of nitrogens with one attached hydrogen (secondary N) is 1. The third-order valence-corrected chi connectivity index (χ3v) is 5.17. The maximum atomic E-state index is 12.2. The Morgan fingerprint density at radius 1 is 0.966 bits per heavy atom. The number of amides is 1. The first kappa shape index (κ1) is 18.6. The van der Waals surface area contributed by atoms with E-state index in [2.05, 4.69) is 5.32 Å². The average Bonchev–Trinajstić information content (AvgIpc) is 3.02. The molecule has 0 radical (unpaired) electrons. The van der Waals surface area contributed by atoms with Crippen LogP contribution in [0.3, 0.4) is 0 Å². The van der Waals surface area contributed by atoms with Crippen LogP contribution in [0.1, 0.15) is 19.4 Å². The summed E-state index contributed by atoms with van der Waals surface area (Å²) >= 11 is 0. The van der Waals surface area contributed by atoms with Crippen LogP contribution in [0, 0.1) is 0 Å². The number of allylic oxidation sites excluding steroid dienone is 1. The summed E-state index contributed by atoms with van der Waals surface area (Å²) in [5.74, 6) is 0.613. The average molecular weight is 386 g/mol. The SMILES string of the molecule is COc1cccc(-c2ccc(-c3cc4c(cc3O)NC(=O)C4=C(C)C)cc2)c1N. The number of carbonyl (C=O) groups is 1. The van der Waals surface area contributed by atoms with E-state index in [1.807, 2.05) is 62.4 Å². The number of anilines is 2. The lowest BCUT2D eigenvalue weighted by molar-refractivity contribution is -0.110. The molecule has 146 valence electrons. The number of rotatable bonds is 3. The Hall–Kier alpha value is -3.73. The molecule has 0 bridgehead atoms. The number of hydrogen-bond donors (Lipinski definition) is 3. The highest BCUT2D eigenvalue weighted by molar-refractivity contribution is 6.32. The molecule has 1 aliphatic heterocycles. The summed E-state index contributed by atoms with van der Waals surface area (Å²) in [5, 5.41) is 13.3. The van der Waals surface area contributed by atoms with E-state index in [1.165, 1.54) is 0 Å². The molecule has 5 nitrogen and oxygen atoms in total. The summed E-state index contributed by atoms with van der Waals surface area (Å²) in [6.07, 6.45) is 0. The number of phenolic OH excluding ortho intramolecular Hbond substituents is 1. The van der Waals surface area contributed by atoms with E-state index in [-0.39, 0.29) is 11.7 Å². The molecule has 1 heterocycles. The number of phenols is 1. The van der Waals surface area contributed by atoms with Crippen LogP contribution in [0.25, 0.3) is 27.8 Å². The van der Waals surface area contributed by atoms with Crippen molar-refractivity contribution in [3.63, 3.8) is 0 Å². The predicted octanol–water partition coefficient (Wildman–Crippen LogP) is 5.06. The fraction of sp³-hybridized carbons (Fsp3) is 0.125. The normalized spacial score (nSPS) is 12.5. The second-order valence-electron chi connectivity index (χ2n) is 7.24. The topological polar surface area (TPSA) is 84.6 Å². The molecule has 0 saturated carbocycles. The Labute approximate surface area is 169 Å². The number of benzene rings is 3. The molecule has 0 spiro atoms. The van der Waals surface area contributed by atoms with Crippen molar-refractivity contribution >= 4 is 22.9 Å². The van der Waals surface area contributed by atoms with E-state index in [1.54, 1.807) is 13.2 Å². The van der Waals surface area contributed by atoms with Gasteiger partial charge in [-0.25, -0.2) is 0 Å². The number of nitrogen functional groups attached to an aromatic ring is 1. The van der Waals surface area contributed by atoms with Crippen LogP contribution >= 0.6 is 0 Å². The van der Waals surface area contributed by atoms with Crippen LogP contribution in [0.5, 0.6) is 11.5 Å². The Bertz CT molecular complexity index is 1160. The maximum absolute atomic E-state index is 12.2. The summed E-state index contributed by atoms with van der Waals surface area (Å²) in [4.78, 5) is 12.2. The molecule has 29 heavy (non-hydrogen) atoms. The molecular weight excluding hydrogens is 364 g/mol. The Kier molecular flexibility index (Phi) is 4.51. The fourth-order valence-corrected chi connectivity index (χ4v) is 3.74. The van der Waals surface area contributed by atoms with Gasteiger partial charge in [-0.05, 0) is 37.1 Å². The van der Waals surface area contributed by atoms with Gasteiger partial charge in [-0.15, -0.1) is 0 Å². The van der Waals surface area contributed by atoms with Gasteiger partial charge in [0.2, 0.25) is 0 Å². The molecule has 4 N–H and O–H groups in total. The minimum Gasteiger partial charge on any atom is -0.507 e. The van der Waals surface area contributed by atoms with Crippen molar-refractivity contribution in [1.29, 1.82) is 0 Å². The number of aromatic hydroxyl groups is 1. The first-order valence-corrected chi connectivity index (χ1v) is 9.30. The maximum Gasteiger partial charge on any atom is 0.256 e. The van der Waals surface area contributed by atoms with Crippen LogP contribution in [0.4, 0.5) is 11.4 Å². The van der Waals surface area contributed by atoms with Crippen molar-refractivity contribution in [2.24, 2.45) is 0 Å². The monoisotopic (exact) mass is 386 g/mol. The van der Waals surface area contributed by atoms with Crippen molar-refractivity contribution in [2.45, 2.75) is 13.8 Å². The Morgan fingerprint density at radius 3 is 2.24 bits per heavy atom. The molecule has 0 fully saturated rings. The number of carbonyl (C=O) groups excluding carboxylic acids is 1. The second kappa shape index (κ2) is 7.02. The van der Waals surface area contributed by atoms with Crippen molar-refractivity contribution in [2.75, 3.05) is 18.2 Å². The van der Waals surface area contributed by atoms with Crippen molar-refractivity contribution in [1.82, 2.24) is 0 Å². The number of para-hydroxylation sites is 1. The van der Waals surface area contributed by atoms with Gasteiger partial charge in [0, 0.05) is 28.3 Å². The quantitative estimate of drug-likeness (QED) is 0.434. The molecular formula is C24H22N2O3. The van der Waals surface area contributed by atoms with Crippen molar-refractivity contribution < 1.29 is 14.6 Å². The molecule has 0 atom stereocenters. The third-order valence-electron chi connectivity index (χ3n) is 5.17. The molecule has 0 saturated heterocycles. The number of ether oxygens (including phenoxy) is 1. The van der Waals surface area contributed by atoms with Crippen LogP contribution < -0.4 is 15.8 Å². The predicted molar refractivity (Wildman–Crippen MR) is 117 cm³/mol. The summed E-state index contributed by atoms with van der Waals surface area (Å²) in [7, 11) is 1.59. The van der Waals surface area contributed by atoms with E-state index in [0.29, 0.717) is 28.3 Å². The van der Waals surface area contributed by atoms with Crippen LogP contribution in [0.15, 0.2) is 60.2 Å². The molecule has 0 aromatic heterocycles. The Morgan fingerprint density at radius 2 is 1.62 bits per heavy atom. The van der Waals surface area contributed by atoms with Gasteiger partial charge in [0.25, 0.3) is 5.91 Å². The van der Waals surface area contributed by atoms with Crippen LogP contribution in [0.2, 0.25) is 0 Å². The minimum absolute atomic E-state index is 0.118.